The molecule has 9 heteroatoms. The molecule has 3 N–H and O–H groups in total. The van der Waals surface area contributed by atoms with Gasteiger partial charge in [-0.1, -0.05) is 58.4 Å². The third kappa shape index (κ3) is 5.12. The van der Waals surface area contributed by atoms with Crippen molar-refractivity contribution in [1.82, 2.24) is 14.9 Å². The van der Waals surface area contributed by atoms with E-state index in [1.807, 2.05) is 54.6 Å². The highest BCUT2D eigenvalue weighted by atomic mass is 79.9. The van der Waals surface area contributed by atoms with Crippen LogP contribution in [-0.4, -0.2) is 38.2 Å². The molecule has 0 saturated heterocycles. The lowest BCUT2D eigenvalue weighted by Gasteiger charge is -2.15. The van der Waals surface area contributed by atoms with Gasteiger partial charge in [0.15, 0.2) is 5.56 Å². The molecule has 0 atom stereocenters. The van der Waals surface area contributed by atoms with E-state index >= 15 is 0 Å². The van der Waals surface area contributed by atoms with Gasteiger partial charge >= 0.3 is 5.97 Å². The predicted octanol–water partition coefficient (Wildman–Crippen LogP) is 2.16. The first-order chi connectivity index (χ1) is 14.3. The topological polar surface area (TPSA) is 122 Å². The summed E-state index contributed by atoms with van der Waals surface area (Å²) < 4.78 is 2.19. The normalized spacial score (nSPS) is 10.6. The smallest absolute Gasteiger partial charge is 0.322 e. The largest absolute Gasteiger partial charge is 0.493 e. The third-order valence-corrected chi connectivity index (χ3v) is 4.84. The second-order valence-corrected chi connectivity index (χ2v) is 7.40. The van der Waals surface area contributed by atoms with E-state index in [9.17, 15) is 19.5 Å². The fourth-order valence-electron chi connectivity index (χ4n) is 2.88. The number of carbonyl (C=O) groups excluding carboxylic acids is 1. The van der Waals surface area contributed by atoms with Gasteiger partial charge < -0.3 is 15.5 Å². The first-order valence-electron chi connectivity index (χ1n) is 8.96. The Hall–Kier alpha value is -3.46. The van der Waals surface area contributed by atoms with Crippen LogP contribution in [0, 0.1) is 0 Å². The lowest BCUT2D eigenvalue weighted by Crippen LogP contribution is -2.37. The zero-order valence-electron chi connectivity index (χ0n) is 15.7. The van der Waals surface area contributed by atoms with Gasteiger partial charge in [0.1, 0.15) is 12.4 Å². The summed E-state index contributed by atoms with van der Waals surface area (Å²) in [6.45, 7) is -0.559. The van der Waals surface area contributed by atoms with Crippen molar-refractivity contribution in [1.29, 1.82) is 0 Å². The molecule has 154 valence electrons. The van der Waals surface area contributed by atoms with E-state index in [2.05, 4.69) is 26.2 Å². The highest BCUT2D eigenvalue weighted by molar-refractivity contribution is 9.10. The van der Waals surface area contributed by atoms with Crippen molar-refractivity contribution in [2.24, 2.45) is 0 Å². The number of carboxylic acids is 1. The van der Waals surface area contributed by atoms with Crippen molar-refractivity contribution in [3.8, 4) is 5.88 Å². The van der Waals surface area contributed by atoms with Crippen LogP contribution in [-0.2, 0) is 17.8 Å². The number of aromatic hydroxyl groups is 1. The van der Waals surface area contributed by atoms with E-state index in [0.29, 0.717) is 0 Å². The van der Waals surface area contributed by atoms with E-state index in [1.165, 1.54) is 4.57 Å². The molecule has 0 aliphatic heterocycles. The van der Waals surface area contributed by atoms with Crippen LogP contribution in [0.1, 0.15) is 27.3 Å². The quantitative estimate of drug-likeness (QED) is 0.485. The highest BCUT2D eigenvalue weighted by Crippen LogP contribution is 2.16. The number of halogens is 1. The zero-order chi connectivity index (χ0) is 21.7. The van der Waals surface area contributed by atoms with Crippen molar-refractivity contribution < 1.29 is 19.8 Å². The molecule has 1 heterocycles. The van der Waals surface area contributed by atoms with Gasteiger partial charge in [-0.05, 0) is 23.3 Å². The standard InChI is InChI=1S/C21H18BrN3O5/c22-15-8-6-14(7-9-15)12-25-16(10-13-4-2-1-3-5-13)24-20(29)18(21(25)30)19(28)23-11-17(26)27/h1-9,29H,10-12H2,(H,23,28)(H,26,27). The number of carboxylic acid groups (broad SMARTS) is 1. The first-order valence-corrected chi connectivity index (χ1v) is 9.75. The van der Waals surface area contributed by atoms with Gasteiger partial charge in [-0.15, -0.1) is 0 Å². The van der Waals surface area contributed by atoms with Crippen molar-refractivity contribution in [2.75, 3.05) is 6.54 Å². The van der Waals surface area contributed by atoms with Gasteiger partial charge in [0, 0.05) is 10.9 Å². The summed E-state index contributed by atoms with van der Waals surface area (Å²) in [5.41, 5.74) is 0.319. The molecule has 0 bridgehead atoms. The molecular weight excluding hydrogens is 454 g/mol. The fraction of sp³-hybridized carbons (Fsp3) is 0.143. The average Bonchev–Trinajstić information content (AvgIpc) is 2.71. The Morgan fingerprint density at radius 1 is 1.03 bits per heavy atom. The first kappa shape index (κ1) is 21.3. The monoisotopic (exact) mass is 471 g/mol. The second-order valence-electron chi connectivity index (χ2n) is 6.48. The average molecular weight is 472 g/mol. The van der Waals surface area contributed by atoms with Crippen LogP contribution in [0.3, 0.4) is 0 Å². The van der Waals surface area contributed by atoms with Gasteiger partial charge in [-0.3, -0.25) is 19.0 Å². The van der Waals surface area contributed by atoms with Crippen molar-refractivity contribution >= 4 is 27.8 Å². The molecule has 0 spiro atoms. The Kier molecular flexibility index (Phi) is 6.63. The molecule has 3 aromatic rings. The number of hydrogen-bond donors (Lipinski definition) is 3. The maximum absolute atomic E-state index is 13.1. The Bertz CT molecular complexity index is 1130. The maximum Gasteiger partial charge on any atom is 0.322 e. The van der Waals surface area contributed by atoms with Crippen LogP contribution in [0.15, 0.2) is 63.9 Å². The van der Waals surface area contributed by atoms with Crippen molar-refractivity contribution in [3.63, 3.8) is 0 Å². The Labute approximate surface area is 180 Å². The number of rotatable bonds is 7. The summed E-state index contributed by atoms with van der Waals surface area (Å²) >= 11 is 3.36. The number of benzene rings is 2. The number of aliphatic carboxylic acids is 1. The summed E-state index contributed by atoms with van der Waals surface area (Å²) in [7, 11) is 0. The Morgan fingerprint density at radius 2 is 1.70 bits per heavy atom. The Balaban J connectivity index is 2.06. The number of nitrogens with zero attached hydrogens (tertiary/aromatic N) is 2. The van der Waals surface area contributed by atoms with E-state index in [4.69, 9.17) is 5.11 Å². The van der Waals surface area contributed by atoms with Crippen molar-refractivity contribution in [2.45, 2.75) is 13.0 Å². The zero-order valence-corrected chi connectivity index (χ0v) is 17.3. The van der Waals surface area contributed by atoms with Crippen LogP contribution in [0.4, 0.5) is 0 Å². The molecule has 30 heavy (non-hydrogen) atoms. The van der Waals surface area contributed by atoms with E-state index in [0.717, 1.165) is 15.6 Å². The van der Waals surface area contributed by atoms with Gasteiger partial charge in [0.25, 0.3) is 11.5 Å². The van der Waals surface area contributed by atoms with Gasteiger partial charge in [0.2, 0.25) is 5.88 Å². The molecule has 0 aliphatic rings. The number of aromatic nitrogens is 2. The molecule has 1 aromatic heterocycles. The number of nitrogens with one attached hydrogen (secondary N) is 1. The predicted molar refractivity (Wildman–Crippen MR) is 113 cm³/mol. The molecule has 2 aromatic carbocycles. The lowest BCUT2D eigenvalue weighted by atomic mass is 10.1. The molecule has 0 saturated carbocycles. The van der Waals surface area contributed by atoms with Crippen LogP contribution < -0.4 is 10.9 Å². The number of hydrogen-bond acceptors (Lipinski definition) is 5. The minimum Gasteiger partial charge on any atom is -0.493 e. The molecule has 1 amide bonds. The minimum atomic E-state index is -1.27. The van der Waals surface area contributed by atoms with Crippen LogP contribution in [0.25, 0.3) is 0 Å². The van der Waals surface area contributed by atoms with E-state index in [1.54, 1.807) is 0 Å². The van der Waals surface area contributed by atoms with Crippen LogP contribution in [0.2, 0.25) is 0 Å². The molecule has 8 nitrogen and oxygen atoms in total. The maximum atomic E-state index is 13.1. The summed E-state index contributed by atoms with van der Waals surface area (Å²) in [5.74, 6) is -2.72. The number of amides is 1. The third-order valence-electron chi connectivity index (χ3n) is 4.32. The molecule has 0 radical (unpaired) electrons. The summed E-state index contributed by atoms with van der Waals surface area (Å²) in [6, 6.07) is 16.6. The minimum absolute atomic E-state index is 0.126. The molecule has 3 rings (SSSR count). The highest BCUT2D eigenvalue weighted by Gasteiger charge is 2.23. The van der Waals surface area contributed by atoms with E-state index in [-0.39, 0.29) is 18.8 Å². The van der Waals surface area contributed by atoms with Gasteiger partial charge in [0.05, 0.1) is 6.54 Å². The van der Waals surface area contributed by atoms with Gasteiger partial charge in [-0.2, -0.15) is 4.98 Å². The Morgan fingerprint density at radius 3 is 2.33 bits per heavy atom. The molecule has 0 aliphatic carbocycles. The lowest BCUT2D eigenvalue weighted by molar-refractivity contribution is -0.135. The molecular formula is C21H18BrN3O5. The van der Waals surface area contributed by atoms with Crippen LogP contribution in [0.5, 0.6) is 5.88 Å². The van der Waals surface area contributed by atoms with Gasteiger partial charge in [-0.25, -0.2) is 0 Å². The fourth-order valence-corrected chi connectivity index (χ4v) is 3.14. The summed E-state index contributed by atoms with van der Waals surface area (Å²) in [4.78, 5) is 40.2. The summed E-state index contributed by atoms with van der Waals surface area (Å²) in [6.07, 6.45) is 0.261. The second kappa shape index (κ2) is 9.36. The van der Waals surface area contributed by atoms with Crippen molar-refractivity contribution in [3.05, 3.63) is 91.9 Å². The molecule has 0 unspecified atom stereocenters. The number of carbonyl (C=O) groups is 2. The van der Waals surface area contributed by atoms with Crippen LogP contribution >= 0.6 is 15.9 Å². The molecule has 0 fully saturated rings. The summed E-state index contributed by atoms with van der Waals surface area (Å²) in [5, 5.41) is 21.1. The SMILES string of the molecule is O=C(O)CNC(=O)c1c(O)nc(Cc2ccccc2)n(Cc2ccc(Br)cc2)c1=O. The van der Waals surface area contributed by atoms with E-state index < -0.39 is 35.4 Å².